The molecular formula is C20H24N2O5S. The third kappa shape index (κ3) is 3.98. The molecule has 1 amide bonds. The van der Waals surface area contributed by atoms with Gasteiger partial charge in [0.15, 0.2) is 11.5 Å². The highest BCUT2D eigenvalue weighted by molar-refractivity contribution is 7.89. The number of sulfonamides is 1. The van der Waals surface area contributed by atoms with Crippen LogP contribution in [0.15, 0.2) is 41.3 Å². The SMILES string of the molecule is COc1ccc(NC(=O)c2cc(S(=O)(=O)N3CCCC3)ccc2C)cc1OC. The number of methoxy groups -OCH3 is 2. The zero-order valence-corrected chi connectivity index (χ0v) is 17.0. The number of hydrogen-bond donors (Lipinski definition) is 1. The first-order chi connectivity index (χ1) is 13.4. The standard InChI is InChI=1S/C20H24N2O5S/c1-14-6-8-16(28(24,25)22-10-4-5-11-22)13-17(14)20(23)21-15-7-9-18(26-2)19(12-15)27-3/h6-9,12-13H,4-5,10-11H2,1-3H3,(H,21,23). The minimum atomic E-state index is -3.59. The van der Waals surface area contributed by atoms with Gasteiger partial charge in [-0.15, -0.1) is 0 Å². The summed E-state index contributed by atoms with van der Waals surface area (Å²) in [6, 6.07) is 9.69. The highest BCUT2D eigenvalue weighted by atomic mass is 32.2. The molecule has 1 fully saturated rings. The number of aryl methyl sites for hydroxylation is 1. The molecule has 1 saturated heterocycles. The van der Waals surface area contributed by atoms with Crippen molar-refractivity contribution in [1.82, 2.24) is 4.31 Å². The first-order valence-electron chi connectivity index (χ1n) is 9.01. The summed E-state index contributed by atoms with van der Waals surface area (Å²) in [5.41, 5.74) is 1.53. The maximum absolute atomic E-state index is 12.8. The summed E-state index contributed by atoms with van der Waals surface area (Å²) in [6.45, 7) is 2.81. The smallest absolute Gasteiger partial charge is 0.255 e. The Morgan fingerprint density at radius 3 is 2.32 bits per heavy atom. The van der Waals surface area contributed by atoms with Crippen molar-refractivity contribution in [3.63, 3.8) is 0 Å². The van der Waals surface area contributed by atoms with E-state index >= 15 is 0 Å². The van der Waals surface area contributed by atoms with Crippen molar-refractivity contribution in [2.45, 2.75) is 24.7 Å². The summed E-state index contributed by atoms with van der Waals surface area (Å²) < 4.78 is 37.5. The second-order valence-electron chi connectivity index (χ2n) is 6.61. The monoisotopic (exact) mass is 404 g/mol. The molecule has 1 N–H and O–H groups in total. The number of rotatable bonds is 6. The summed E-state index contributed by atoms with van der Waals surface area (Å²) in [6.07, 6.45) is 1.72. The molecule has 7 nitrogen and oxygen atoms in total. The Bertz CT molecular complexity index is 982. The molecule has 1 heterocycles. The average Bonchev–Trinajstić information content (AvgIpc) is 3.23. The first-order valence-corrected chi connectivity index (χ1v) is 10.4. The van der Waals surface area contributed by atoms with E-state index in [1.165, 1.54) is 24.6 Å². The van der Waals surface area contributed by atoms with Gasteiger partial charge < -0.3 is 14.8 Å². The van der Waals surface area contributed by atoms with Gasteiger partial charge in [0.25, 0.3) is 5.91 Å². The van der Waals surface area contributed by atoms with Crippen molar-refractivity contribution >= 4 is 21.6 Å². The largest absolute Gasteiger partial charge is 0.493 e. The van der Waals surface area contributed by atoms with Gasteiger partial charge in [0.05, 0.1) is 19.1 Å². The predicted molar refractivity (Wildman–Crippen MR) is 107 cm³/mol. The molecule has 28 heavy (non-hydrogen) atoms. The molecule has 0 atom stereocenters. The Labute approximate surface area is 165 Å². The van der Waals surface area contributed by atoms with Gasteiger partial charge in [0, 0.05) is 30.4 Å². The van der Waals surface area contributed by atoms with E-state index < -0.39 is 10.0 Å². The van der Waals surface area contributed by atoms with Crippen LogP contribution < -0.4 is 14.8 Å². The average molecular weight is 404 g/mol. The maximum atomic E-state index is 12.8. The van der Waals surface area contributed by atoms with Crippen LogP contribution in [0, 0.1) is 6.92 Å². The lowest BCUT2D eigenvalue weighted by Gasteiger charge is -2.17. The lowest BCUT2D eigenvalue weighted by Crippen LogP contribution is -2.28. The van der Waals surface area contributed by atoms with Crippen LogP contribution in [0.5, 0.6) is 11.5 Å². The zero-order chi connectivity index (χ0) is 20.3. The molecule has 1 aliphatic heterocycles. The number of carbonyl (C=O) groups is 1. The quantitative estimate of drug-likeness (QED) is 0.800. The van der Waals surface area contributed by atoms with Crippen molar-refractivity contribution in [3.05, 3.63) is 47.5 Å². The van der Waals surface area contributed by atoms with Crippen LogP contribution in [0.1, 0.15) is 28.8 Å². The summed E-state index contributed by atoms with van der Waals surface area (Å²) in [7, 11) is -0.540. The van der Waals surface area contributed by atoms with Crippen molar-refractivity contribution in [2.24, 2.45) is 0 Å². The second-order valence-corrected chi connectivity index (χ2v) is 8.55. The van der Waals surface area contributed by atoms with Crippen LogP contribution in [0.25, 0.3) is 0 Å². The molecular weight excluding hydrogens is 380 g/mol. The molecule has 0 bridgehead atoms. The molecule has 0 aromatic heterocycles. The zero-order valence-electron chi connectivity index (χ0n) is 16.2. The number of nitrogens with one attached hydrogen (secondary N) is 1. The Balaban J connectivity index is 1.88. The van der Waals surface area contributed by atoms with E-state index in [-0.39, 0.29) is 10.8 Å². The lowest BCUT2D eigenvalue weighted by molar-refractivity contribution is 0.102. The second kappa shape index (κ2) is 8.20. The third-order valence-electron chi connectivity index (χ3n) is 4.80. The van der Waals surface area contributed by atoms with Gasteiger partial charge in [-0.05, 0) is 49.6 Å². The van der Waals surface area contributed by atoms with Gasteiger partial charge in [-0.25, -0.2) is 8.42 Å². The van der Waals surface area contributed by atoms with E-state index in [0.29, 0.717) is 41.4 Å². The van der Waals surface area contributed by atoms with Gasteiger partial charge in [0.1, 0.15) is 0 Å². The van der Waals surface area contributed by atoms with Crippen molar-refractivity contribution in [3.8, 4) is 11.5 Å². The molecule has 1 aliphatic rings. The van der Waals surface area contributed by atoms with Crippen molar-refractivity contribution < 1.29 is 22.7 Å². The number of benzene rings is 2. The van der Waals surface area contributed by atoms with Gasteiger partial charge in [-0.2, -0.15) is 4.31 Å². The molecule has 0 saturated carbocycles. The van der Waals surface area contributed by atoms with Gasteiger partial charge in [-0.1, -0.05) is 6.07 Å². The summed E-state index contributed by atoms with van der Waals surface area (Å²) in [5, 5.41) is 2.79. The molecule has 0 aliphatic carbocycles. The Morgan fingerprint density at radius 1 is 1.00 bits per heavy atom. The van der Waals surface area contributed by atoms with E-state index in [9.17, 15) is 13.2 Å². The van der Waals surface area contributed by atoms with E-state index in [1.54, 1.807) is 37.3 Å². The summed E-state index contributed by atoms with van der Waals surface area (Å²) in [4.78, 5) is 12.9. The molecule has 8 heteroatoms. The minimum absolute atomic E-state index is 0.137. The van der Waals surface area contributed by atoms with Crippen molar-refractivity contribution in [2.75, 3.05) is 32.6 Å². The number of anilines is 1. The lowest BCUT2D eigenvalue weighted by atomic mass is 10.1. The highest BCUT2D eigenvalue weighted by Crippen LogP contribution is 2.30. The fourth-order valence-electron chi connectivity index (χ4n) is 3.20. The predicted octanol–water partition coefficient (Wildman–Crippen LogP) is 3.05. The Hall–Kier alpha value is -2.58. The number of nitrogens with zero attached hydrogens (tertiary/aromatic N) is 1. The topological polar surface area (TPSA) is 84.9 Å². The molecule has 2 aromatic rings. The van der Waals surface area contributed by atoms with E-state index in [0.717, 1.165) is 12.8 Å². The van der Waals surface area contributed by atoms with Crippen LogP contribution in [-0.4, -0.2) is 45.9 Å². The summed E-state index contributed by atoms with van der Waals surface area (Å²) >= 11 is 0. The third-order valence-corrected chi connectivity index (χ3v) is 6.69. The van der Waals surface area contributed by atoms with Gasteiger partial charge in [-0.3, -0.25) is 4.79 Å². The van der Waals surface area contributed by atoms with E-state index in [1.807, 2.05) is 0 Å². The Morgan fingerprint density at radius 2 is 1.68 bits per heavy atom. The van der Waals surface area contributed by atoms with Crippen LogP contribution in [0.4, 0.5) is 5.69 Å². The highest BCUT2D eigenvalue weighted by Gasteiger charge is 2.28. The number of ether oxygens (including phenoxy) is 2. The number of carbonyl (C=O) groups excluding carboxylic acids is 1. The van der Waals surface area contributed by atoms with E-state index in [2.05, 4.69) is 5.32 Å². The van der Waals surface area contributed by atoms with Crippen LogP contribution in [0.2, 0.25) is 0 Å². The number of hydrogen-bond acceptors (Lipinski definition) is 5. The molecule has 150 valence electrons. The molecule has 0 radical (unpaired) electrons. The van der Waals surface area contributed by atoms with E-state index in [4.69, 9.17) is 9.47 Å². The van der Waals surface area contributed by atoms with Gasteiger partial charge >= 0.3 is 0 Å². The molecule has 2 aromatic carbocycles. The van der Waals surface area contributed by atoms with Crippen LogP contribution in [-0.2, 0) is 10.0 Å². The molecule has 0 spiro atoms. The number of amides is 1. The molecule has 3 rings (SSSR count). The first kappa shape index (κ1) is 20.2. The van der Waals surface area contributed by atoms with Crippen LogP contribution >= 0.6 is 0 Å². The fraction of sp³-hybridized carbons (Fsp3) is 0.350. The normalized spacial score (nSPS) is 14.7. The molecule has 0 unspecified atom stereocenters. The maximum Gasteiger partial charge on any atom is 0.255 e. The Kier molecular flexibility index (Phi) is 5.90. The summed E-state index contributed by atoms with van der Waals surface area (Å²) in [5.74, 6) is 0.654. The van der Waals surface area contributed by atoms with Crippen LogP contribution in [0.3, 0.4) is 0 Å². The van der Waals surface area contributed by atoms with Gasteiger partial charge in [0.2, 0.25) is 10.0 Å². The van der Waals surface area contributed by atoms with Crippen molar-refractivity contribution in [1.29, 1.82) is 0 Å². The fourth-order valence-corrected chi connectivity index (χ4v) is 4.74. The minimum Gasteiger partial charge on any atom is -0.493 e.